The second kappa shape index (κ2) is 6.78. The predicted octanol–water partition coefficient (Wildman–Crippen LogP) is 3.76. The first kappa shape index (κ1) is 14.9. The fourth-order valence-corrected chi connectivity index (χ4v) is 3.52. The van der Waals surface area contributed by atoms with Crippen LogP contribution in [0.5, 0.6) is 0 Å². The summed E-state index contributed by atoms with van der Waals surface area (Å²) in [5.74, 6) is 0. The predicted molar refractivity (Wildman–Crippen MR) is 82.8 cm³/mol. The van der Waals surface area contributed by atoms with Gasteiger partial charge in [0.2, 0.25) is 0 Å². The van der Waals surface area contributed by atoms with Crippen molar-refractivity contribution in [1.29, 1.82) is 0 Å². The Labute approximate surface area is 121 Å². The summed E-state index contributed by atoms with van der Waals surface area (Å²) >= 11 is 1.96. The van der Waals surface area contributed by atoms with Crippen LogP contribution in [0.25, 0.3) is 0 Å². The van der Waals surface area contributed by atoms with Gasteiger partial charge in [-0.05, 0) is 43.5 Å². The summed E-state index contributed by atoms with van der Waals surface area (Å²) in [6, 6.07) is 7.35. The van der Waals surface area contributed by atoms with E-state index in [2.05, 4.69) is 51.2 Å². The average Bonchev–Trinajstić information content (AvgIpc) is 2.74. The minimum absolute atomic E-state index is 0.382. The number of thioether (sulfide) groups is 1. The van der Waals surface area contributed by atoms with Gasteiger partial charge in [-0.25, -0.2) is 0 Å². The van der Waals surface area contributed by atoms with Crippen LogP contribution in [0, 0.1) is 6.92 Å². The van der Waals surface area contributed by atoms with Crippen molar-refractivity contribution in [1.82, 2.24) is 5.32 Å². The van der Waals surface area contributed by atoms with Crippen LogP contribution in [-0.2, 0) is 11.3 Å². The summed E-state index contributed by atoms with van der Waals surface area (Å²) in [5.41, 5.74) is 2.78. The molecule has 1 saturated heterocycles. The summed E-state index contributed by atoms with van der Waals surface area (Å²) in [6.07, 6.45) is 1.55. The Bertz CT molecular complexity index is 419. The molecule has 1 aliphatic rings. The van der Waals surface area contributed by atoms with Gasteiger partial charge in [-0.1, -0.05) is 19.9 Å². The Balaban J connectivity index is 1.98. The molecular weight excluding hydrogens is 254 g/mol. The first-order valence-corrected chi connectivity index (χ1v) is 8.05. The summed E-state index contributed by atoms with van der Waals surface area (Å²) in [5, 5.41) is 4.09. The van der Waals surface area contributed by atoms with E-state index >= 15 is 0 Å². The Morgan fingerprint density at radius 2 is 2.21 bits per heavy atom. The molecule has 0 amide bonds. The zero-order valence-corrected chi connectivity index (χ0v) is 13.2. The van der Waals surface area contributed by atoms with Gasteiger partial charge in [0, 0.05) is 29.3 Å². The molecule has 106 valence electrons. The maximum Gasteiger partial charge on any atom is 0.0669 e. The summed E-state index contributed by atoms with van der Waals surface area (Å²) in [7, 11) is 0. The molecule has 2 nitrogen and oxygen atoms in total. The molecule has 0 aliphatic carbocycles. The Hall–Kier alpha value is -0.510. The minimum atomic E-state index is 0.382. The summed E-state index contributed by atoms with van der Waals surface area (Å²) in [4.78, 5) is 1.37. The lowest BCUT2D eigenvalue weighted by Crippen LogP contribution is -2.22. The van der Waals surface area contributed by atoms with E-state index in [1.807, 2.05) is 11.8 Å². The molecule has 2 atom stereocenters. The third-order valence-corrected chi connectivity index (χ3v) is 5.06. The van der Waals surface area contributed by atoms with Crippen LogP contribution in [0.4, 0.5) is 0 Å². The van der Waals surface area contributed by atoms with Gasteiger partial charge in [0.05, 0.1) is 6.10 Å². The molecule has 1 N–H and O–H groups in total. The number of aryl methyl sites for hydroxylation is 1. The molecule has 0 spiro atoms. The zero-order valence-electron chi connectivity index (χ0n) is 12.4. The van der Waals surface area contributed by atoms with E-state index in [4.69, 9.17) is 4.74 Å². The molecule has 1 aliphatic heterocycles. The molecule has 0 aromatic heterocycles. The molecule has 19 heavy (non-hydrogen) atoms. The van der Waals surface area contributed by atoms with Crippen LogP contribution in [-0.4, -0.2) is 24.0 Å². The number of benzene rings is 1. The van der Waals surface area contributed by atoms with Gasteiger partial charge in [-0.3, -0.25) is 0 Å². The van der Waals surface area contributed by atoms with Crippen molar-refractivity contribution in [2.75, 3.05) is 6.61 Å². The SMILES string of the molecule is Cc1cc(SC2CCOC2C)ccc1CNC(C)C. The highest BCUT2D eigenvalue weighted by Gasteiger charge is 2.25. The highest BCUT2D eigenvalue weighted by molar-refractivity contribution is 8.00. The maximum atomic E-state index is 5.63. The fraction of sp³-hybridized carbons (Fsp3) is 0.625. The Morgan fingerprint density at radius 3 is 2.79 bits per heavy atom. The second-order valence-corrected chi connectivity index (χ2v) is 6.96. The van der Waals surface area contributed by atoms with Crippen LogP contribution >= 0.6 is 11.8 Å². The number of hydrogen-bond donors (Lipinski definition) is 1. The molecule has 1 aromatic carbocycles. The first-order valence-electron chi connectivity index (χ1n) is 7.17. The topological polar surface area (TPSA) is 21.3 Å². The van der Waals surface area contributed by atoms with Crippen LogP contribution in [0.15, 0.2) is 23.1 Å². The molecule has 2 rings (SSSR count). The lowest BCUT2D eigenvalue weighted by atomic mass is 10.1. The normalized spacial score (nSPS) is 23.2. The van der Waals surface area contributed by atoms with Gasteiger partial charge in [0.25, 0.3) is 0 Å². The van der Waals surface area contributed by atoms with Crippen molar-refractivity contribution in [3.63, 3.8) is 0 Å². The van der Waals surface area contributed by atoms with Gasteiger partial charge in [0.1, 0.15) is 0 Å². The number of ether oxygens (including phenoxy) is 1. The molecule has 0 bridgehead atoms. The van der Waals surface area contributed by atoms with Crippen LogP contribution in [0.3, 0.4) is 0 Å². The van der Waals surface area contributed by atoms with Crippen LogP contribution < -0.4 is 5.32 Å². The Kier molecular flexibility index (Phi) is 5.31. The summed E-state index contributed by atoms with van der Waals surface area (Å²) in [6.45, 7) is 10.6. The lowest BCUT2D eigenvalue weighted by molar-refractivity contribution is 0.127. The third kappa shape index (κ3) is 4.23. The molecular formula is C16H25NOS. The molecule has 3 heteroatoms. The molecule has 0 radical (unpaired) electrons. The van der Waals surface area contributed by atoms with E-state index in [1.54, 1.807) is 0 Å². The molecule has 1 fully saturated rings. The molecule has 2 unspecified atom stereocenters. The van der Waals surface area contributed by atoms with Crippen LogP contribution in [0.2, 0.25) is 0 Å². The number of rotatable bonds is 5. The van der Waals surface area contributed by atoms with E-state index < -0.39 is 0 Å². The van der Waals surface area contributed by atoms with Gasteiger partial charge in [-0.2, -0.15) is 0 Å². The lowest BCUT2D eigenvalue weighted by Gasteiger charge is -2.15. The molecule has 1 heterocycles. The van der Waals surface area contributed by atoms with Gasteiger partial charge in [0.15, 0.2) is 0 Å². The largest absolute Gasteiger partial charge is 0.377 e. The monoisotopic (exact) mass is 279 g/mol. The second-order valence-electron chi connectivity index (χ2n) is 5.64. The van der Waals surface area contributed by atoms with Crippen molar-refractivity contribution in [3.8, 4) is 0 Å². The van der Waals surface area contributed by atoms with Gasteiger partial charge >= 0.3 is 0 Å². The van der Waals surface area contributed by atoms with Crippen molar-refractivity contribution in [3.05, 3.63) is 29.3 Å². The van der Waals surface area contributed by atoms with Crippen molar-refractivity contribution >= 4 is 11.8 Å². The van der Waals surface area contributed by atoms with Gasteiger partial charge < -0.3 is 10.1 Å². The van der Waals surface area contributed by atoms with Crippen LogP contribution in [0.1, 0.15) is 38.3 Å². The standard InChI is InChI=1S/C16H25NOS/c1-11(2)17-10-14-5-6-15(9-12(14)3)19-16-7-8-18-13(16)4/h5-6,9,11,13,16-17H,7-8,10H2,1-4H3. The van der Waals surface area contributed by atoms with E-state index in [-0.39, 0.29) is 0 Å². The maximum absolute atomic E-state index is 5.63. The van der Waals surface area contributed by atoms with Gasteiger partial charge in [-0.15, -0.1) is 11.8 Å². The smallest absolute Gasteiger partial charge is 0.0669 e. The van der Waals surface area contributed by atoms with Crippen molar-refractivity contribution in [2.24, 2.45) is 0 Å². The number of hydrogen-bond acceptors (Lipinski definition) is 3. The number of nitrogens with one attached hydrogen (secondary N) is 1. The van der Waals surface area contributed by atoms with E-state index in [0.717, 1.165) is 13.2 Å². The third-order valence-electron chi connectivity index (χ3n) is 3.61. The average molecular weight is 279 g/mol. The minimum Gasteiger partial charge on any atom is -0.377 e. The van der Waals surface area contributed by atoms with E-state index in [9.17, 15) is 0 Å². The Morgan fingerprint density at radius 1 is 1.42 bits per heavy atom. The molecule has 0 saturated carbocycles. The quantitative estimate of drug-likeness (QED) is 0.886. The first-order chi connectivity index (χ1) is 9.06. The fourth-order valence-electron chi connectivity index (χ4n) is 2.30. The highest BCUT2D eigenvalue weighted by atomic mass is 32.2. The van der Waals surface area contributed by atoms with Crippen molar-refractivity contribution in [2.45, 2.75) is 63.0 Å². The van der Waals surface area contributed by atoms with E-state index in [0.29, 0.717) is 17.4 Å². The van der Waals surface area contributed by atoms with Crippen molar-refractivity contribution < 1.29 is 4.74 Å². The highest BCUT2D eigenvalue weighted by Crippen LogP contribution is 2.33. The van der Waals surface area contributed by atoms with E-state index in [1.165, 1.54) is 22.4 Å². The summed E-state index contributed by atoms with van der Waals surface area (Å²) < 4.78 is 5.63. The zero-order chi connectivity index (χ0) is 13.8. The molecule has 1 aromatic rings.